The van der Waals surface area contributed by atoms with Gasteiger partial charge in [-0.1, -0.05) is 349 Å². The van der Waals surface area contributed by atoms with Crippen molar-refractivity contribution in [3.8, 4) is 0 Å². The van der Waals surface area contributed by atoms with Gasteiger partial charge in [-0.2, -0.15) is 0 Å². The van der Waals surface area contributed by atoms with Gasteiger partial charge in [0.2, 0.25) is 0 Å². The summed E-state index contributed by atoms with van der Waals surface area (Å²) in [5.74, 6) is -1.40. The fourth-order valence-corrected chi connectivity index (χ4v) is 13.3. The predicted molar refractivity (Wildman–Crippen MR) is 386 cm³/mol. The van der Waals surface area contributed by atoms with Crippen molar-refractivity contribution in [2.45, 2.75) is 419 Å². The van der Waals surface area contributed by atoms with E-state index in [0.717, 1.165) is 109 Å². The van der Waals surface area contributed by atoms with Crippen LogP contribution in [-0.2, 0) is 65.4 Å². The van der Waals surface area contributed by atoms with Crippen LogP contribution in [0.15, 0.2) is 0 Å². The minimum atomic E-state index is -4.96. The Hall–Kier alpha value is -1.94. The van der Waals surface area contributed by atoms with Crippen LogP contribution < -0.4 is 0 Å². The van der Waals surface area contributed by atoms with E-state index in [9.17, 15) is 43.2 Å². The van der Waals surface area contributed by atoms with Crippen molar-refractivity contribution in [1.82, 2.24) is 0 Å². The fraction of sp³-hybridized carbons (Fsp3) is 0.947. The van der Waals surface area contributed by atoms with Crippen LogP contribution in [0.2, 0.25) is 0 Å². The third-order valence-electron chi connectivity index (χ3n) is 17.8. The molecule has 0 bridgehead atoms. The molecule has 95 heavy (non-hydrogen) atoms. The molecule has 19 heteroatoms. The quantitative estimate of drug-likeness (QED) is 0.0222. The second-order valence-corrected chi connectivity index (χ2v) is 30.8. The topological polar surface area (TPSA) is 237 Å². The van der Waals surface area contributed by atoms with Crippen LogP contribution in [-0.4, -0.2) is 96.7 Å². The lowest BCUT2D eigenvalue weighted by Gasteiger charge is -2.21. The van der Waals surface area contributed by atoms with Gasteiger partial charge < -0.3 is 33.8 Å². The highest BCUT2D eigenvalue weighted by Crippen LogP contribution is 2.45. The summed E-state index contributed by atoms with van der Waals surface area (Å²) in [6.07, 6.45) is 58.7. The maximum absolute atomic E-state index is 13.1. The van der Waals surface area contributed by atoms with Gasteiger partial charge in [-0.15, -0.1) is 0 Å². The lowest BCUT2D eigenvalue weighted by atomic mass is 10.0. The highest BCUT2D eigenvalue weighted by atomic mass is 31.2. The number of rotatable bonds is 76. The van der Waals surface area contributed by atoms with Crippen molar-refractivity contribution in [1.29, 1.82) is 0 Å². The molecule has 17 nitrogen and oxygen atoms in total. The Morgan fingerprint density at radius 2 is 0.484 bits per heavy atom. The maximum atomic E-state index is 13.1. The van der Waals surface area contributed by atoms with Gasteiger partial charge in [-0.25, -0.2) is 9.13 Å². The summed E-state index contributed by atoms with van der Waals surface area (Å²) in [4.78, 5) is 72.6. The van der Waals surface area contributed by atoms with E-state index < -0.39 is 97.5 Å². The highest BCUT2D eigenvalue weighted by molar-refractivity contribution is 7.47. The minimum absolute atomic E-state index is 0.105. The molecule has 0 saturated carbocycles. The first-order chi connectivity index (χ1) is 46.0. The third-order valence-corrected chi connectivity index (χ3v) is 19.7. The normalized spacial score (nSPS) is 13.9. The number of phosphoric acid groups is 2. The zero-order chi connectivity index (χ0) is 69.8. The smallest absolute Gasteiger partial charge is 0.462 e. The number of aliphatic hydroxyl groups is 1. The molecule has 2 unspecified atom stereocenters. The maximum Gasteiger partial charge on any atom is 0.472 e. The van der Waals surface area contributed by atoms with Crippen molar-refractivity contribution in [3.63, 3.8) is 0 Å². The van der Waals surface area contributed by atoms with Gasteiger partial charge in [-0.3, -0.25) is 37.3 Å². The van der Waals surface area contributed by atoms with Crippen LogP contribution in [0.5, 0.6) is 0 Å². The Balaban J connectivity index is 5.14. The monoisotopic (exact) mass is 1400 g/mol. The van der Waals surface area contributed by atoms with E-state index in [2.05, 4.69) is 34.6 Å². The molecule has 0 aromatic carbocycles. The average Bonchev–Trinajstić information content (AvgIpc) is 2.03. The second kappa shape index (κ2) is 69.2. The van der Waals surface area contributed by atoms with Crippen molar-refractivity contribution in [2.75, 3.05) is 39.6 Å². The summed E-state index contributed by atoms with van der Waals surface area (Å²) in [6, 6.07) is 0. The first-order valence-corrected chi connectivity index (χ1v) is 42.6. The largest absolute Gasteiger partial charge is 0.472 e. The zero-order valence-electron chi connectivity index (χ0n) is 61.8. The van der Waals surface area contributed by atoms with E-state index in [1.165, 1.54) is 212 Å². The van der Waals surface area contributed by atoms with E-state index in [1.807, 2.05) is 0 Å². The van der Waals surface area contributed by atoms with Gasteiger partial charge in [0.1, 0.15) is 19.3 Å². The van der Waals surface area contributed by atoms with Gasteiger partial charge in [-0.05, 0) is 31.6 Å². The molecule has 0 radical (unpaired) electrons. The summed E-state index contributed by atoms with van der Waals surface area (Å²) >= 11 is 0. The molecule has 0 aromatic rings. The van der Waals surface area contributed by atoms with Crippen LogP contribution in [0.25, 0.3) is 0 Å². The van der Waals surface area contributed by atoms with E-state index in [1.54, 1.807) is 0 Å². The minimum Gasteiger partial charge on any atom is -0.462 e. The van der Waals surface area contributed by atoms with Crippen LogP contribution in [0.3, 0.4) is 0 Å². The SMILES string of the molecule is CCCCCCCCCCCCCCCCCCCCCCCCC(=O)O[C@H](COC(=O)CCCCCCCCCCCCCCCCC)COP(=O)(O)OC[C@@H](O)COP(=O)(O)OC[C@@H](COC(=O)CCCCCCCCC)OC(=O)CCCCCCCCCCC(C)C. The molecular weight excluding hydrogens is 1250 g/mol. The van der Waals surface area contributed by atoms with Crippen LogP contribution >= 0.6 is 15.6 Å². The van der Waals surface area contributed by atoms with Crippen LogP contribution in [0, 0.1) is 5.92 Å². The van der Waals surface area contributed by atoms with Crippen molar-refractivity contribution in [2.24, 2.45) is 5.92 Å². The molecule has 5 atom stereocenters. The van der Waals surface area contributed by atoms with E-state index in [0.29, 0.717) is 25.7 Å². The van der Waals surface area contributed by atoms with Gasteiger partial charge in [0.15, 0.2) is 12.2 Å². The number of hydrogen-bond acceptors (Lipinski definition) is 15. The number of unbranched alkanes of at least 4 members (excludes halogenated alkanes) is 48. The Bertz CT molecular complexity index is 1820. The molecule has 0 heterocycles. The predicted octanol–water partition coefficient (Wildman–Crippen LogP) is 22.5. The standard InChI is InChI=1S/C76H148O17P2/c1-6-9-12-15-18-20-22-24-26-27-28-29-30-31-32-34-36-38-40-46-51-56-61-75(80)92-72(66-87-74(79)60-55-50-45-39-37-35-33-25-23-21-19-16-13-10-7-2)68-91-95(84,85)89-64-70(77)63-88-94(82,83)90-67-71(65-86-73(78)59-54-49-43-17-14-11-8-3)93-76(81)62-57-52-47-42-41-44-48-53-58-69(4)5/h69-72,77H,6-68H2,1-5H3,(H,82,83)(H,84,85)/t70-,71+,72+/m0/s1. The molecule has 0 saturated heterocycles. The Kier molecular flexibility index (Phi) is 67.7. The van der Waals surface area contributed by atoms with Gasteiger partial charge in [0, 0.05) is 25.7 Å². The van der Waals surface area contributed by atoms with Gasteiger partial charge >= 0.3 is 39.5 Å². The summed E-state index contributed by atoms with van der Waals surface area (Å²) in [6.45, 7) is 7.20. The second-order valence-electron chi connectivity index (χ2n) is 27.9. The Morgan fingerprint density at radius 3 is 0.716 bits per heavy atom. The number of carbonyl (C=O) groups excluding carboxylic acids is 4. The fourth-order valence-electron chi connectivity index (χ4n) is 11.7. The van der Waals surface area contributed by atoms with Crippen molar-refractivity contribution < 1.29 is 80.2 Å². The molecule has 564 valence electrons. The van der Waals surface area contributed by atoms with Crippen molar-refractivity contribution >= 4 is 39.5 Å². The third kappa shape index (κ3) is 70.3. The summed E-state index contributed by atoms with van der Waals surface area (Å²) < 4.78 is 68.4. The van der Waals surface area contributed by atoms with Crippen LogP contribution in [0.1, 0.15) is 401 Å². The number of hydrogen-bond donors (Lipinski definition) is 3. The summed E-state index contributed by atoms with van der Waals surface area (Å²) in [7, 11) is -9.90. The number of esters is 4. The Morgan fingerprint density at radius 1 is 0.284 bits per heavy atom. The summed E-state index contributed by atoms with van der Waals surface area (Å²) in [5.41, 5.74) is 0. The van der Waals surface area contributed by atoms with Gasteiger partial charge in [0.05, 0.1) is 26.4 Å². The number of phosphoric ester groups is 2. The molecule has 0 spiro atoms. The lowest BCUT2D eigenvalue weighted by molar-refractivity contribution is -0.161. The van der Waals surface area contributed by atoms with E-state index in [-0.39, 0.29) is 25.7 Å². The van der Waals surface area contributed by atoms with Gasteiger partial charge in [0.25, 0.3) is 0 Å². The van der Waals surface area contributed by atoms with E-state index in [4.69, 9.17) is 37.0 Å². The number of carbonyl (C=O) groups is 4. The van der Waals surface area contributed by atoms with E-state index >= 15 is 0 Å². The number of aliphatic hydroxyl groups excluding tert-OH is 1. The lowest BCUT2D eigenvalue weighted by Crippen LogP contribution is -2.30. The van der Waals surface area contributed by atoms with Crippen LogP contribution in [0.4, 0.5) is 0 Å². The molecule has 0 aromatic heterocycles. The molecule has 0 aliphatic carbocycles. The first kappa shape index (κ1) is 93.1. The molecule has 0 rings (SSSR count). The zero-order valence-corrected chi connectivity index (χ0v) is 63.6. The molecule has 3 N–H and O–H groups in total. The number of ether oxygens (including phenoxy) is 4. The highest BCUT2D eigenvalue weighted by Gasteiger charge is 2.30. The summed E-state index contributed by atoms with van der Waals surface area (Å²) in [5, 5.41) is 10.6. The molecule has 0 amide bonds. The Labute approximate surface area is 581 Å². The van der Waals surface area contributed by atoms with Crippen molar-refractivity contribution in [3.05, 3.63) is 0 Å². The first-order valence-electron chi connectivity index (χ1n) is 39.6. The molecular formula is C76H148O17P2. The molecule has 0 aliphatic rings. The molecule has 0 fully saturated rings. The molecule has 0 aliphatic heterocycles. The average molecular weight is 1400 g/mol.